The first kappa shape index (κ1) is 17.3. The molecule has 0 aliphatic rings. The zero-order chi connectivity index (χ0) is 17.7. The van der Waals surface area contributed by atoms with Crippen LogP contribution in [0, 0.1) is 0 Å². The van der Waals surface area contributed by atoms with Crippen LogP contribution >= 0.6 is 0 Å². The monoisotopic (exact) mass is 339 g/mol. The fourth-order valence-electron chi connectivity index (χ4n) is 1.61. The summed E-state index contributed by atoms with van der Waals surface area (Å²) >= 11 is 0. The molecule has 0 saturated carbocycles. The second-order valence-electron chi connectivity index (χ2n) is 4.56. The van der Waals surface area contributed by atoms with Crippen LogP contribution in [0.25, 0.3) is 0 Å². The molecule has 0 unspecified atom stereocenters. The van der Waals surface area contributed by atoms with Crippen LogP contribution in [0.15, 0.2) is 30.6 Å². The molecular weight excluding hydrogens is 327 g/mol. The second kappa shape index (κ2) is 7.02. The van der Waals surface area contributed by atoms with Crippen LogP contribution in [0.5, 0.6) is 0 Å². The first-order valence-electron chi connectivity index (χ1n) is 6.77. The Hall–Kier alpha value is -3.04. The Bertz CT molecular complexity index is 747. The predicted molar refractivity (Wildman–Crippen MR) is 78.1 cm³/mol. The van der Waals surface area contributed by atoms with Crippen LogP contribution in [-0.4, -0.2) is 26.8 Å². The summed E-state index contributed by atoms with van der Waals surface area (Å²) < 4.78 is 37.5. The first-order valence-corrected chi connectivity index (χ1v) is 6.77. The molecule has 2 aromatic rings. The summed E-state index contributed by atoms with van der Waals surface area (Å²) in [5.74, 6) is -1.19. The summed E-state index contributed by atoms with van der Waals surface area (Å²) in [6, 6.07) is 3.68. The average Bonchev–Trinajstić information content (AvgIpc) is 2.54. The molecule has 0 atom stereocenters. The standard InChI is InChI=1S/C14H12F3N5O2/c1-2-10(23)20-12-18-7-19-13(22-12)21-11(24)8-3-5-9(6-4-8)14(15,16)17/h3-7H,2H2,1H3,(H2,18,19,20,21,22,23,24). The third-order valence-electron chi connectivity index (χ3n) is 2.84. The van der Waals surface area contributed by atoms with Gasteiger partial charge in [-0.15, -0.1) is 0 Å². The molecule has 0 aliphatic carbocycles. The number of anilines is 2. The molecule has 1 aromatic heterocycles. The van der Waals surface area contributed by atoms with E-state index in [9.17, 15) is 22.8 Å². The van der Waals surface area contributed by atoms with Crippen LogP contribution in [0.2, 0.25) is 0 Å². The van der Waals surface area contributed by atoms with Crippen LogP contribution in [0.3, 0.4) is 0 Å². The van der Waals surface area contributed by atoms with Gasteiger partial charge in [0.15, 0.2) is 0 Å². The van der Waals surface area contributed by atoms with Crippen molar-refractivity contribution in [3.8, 4) is 0 Å². The lowest BCUT2D eigenvalue weighted by Gasteiger charge is -2.08. The highest BCUT2D eigenvalue weighted by molar-refractivity contribution is 6.03. The number of nitrogens with one attached hydrogen (secondary N) is 2. The molecule has 0 saturated heterocycles. The highest BCUT2D eigenvalue weighted by Gasteiger charge is 2.30. The maximum absolute atomic E-state index is 12.5. The number of carbonyl (C=O) groups excluding carboxylic acids is 2. The summed E-state index contributed by atoms with van der Waals surface area (Å²) in [6.07, 6.45) is -3.17. The van der Waals surface area contributed by atoms with Crippen molar-refractivity contribution >= 4 is 23.7 Å². The quantitative estimate of drug-likeness (QED) is 0.892. The number of aromatic nitrogens is 3. The molecule has 0 aliphatic heterocycles. The molecule has 7 nitrogen and oxygen atoms in total. The molecule has 0 fully saturated rings. The molecule has 24 heavy (non-hydrogen) atoms. The maximum atomic E-state index is 12.5. The smallest absolute Gasteiger partial charge is 0.294 e. The Morgan fingerprint density at radius 2 is 1.62 bits per heavy atom. The van der Waals surface area contributed by atoms with Gasteiger partial charge in [0.25, 0.3) is 5.91 Å². The summed E-state index contributed by atoms with van der Waals surface area (Å²) in [5, 5.41) is 4.71. The minimum atomic E-state index is -4.48. The summed E-state index contributed by atoms with van der Waals surface area (Å²) in [6.45, 7) is 1.64. The Morgan fingerprint density at radius 1 is 1.04 bits per heavy atom. The third-order valence-corrected chi connectivity index (χ3v) is 2.84. The van der Waals surface area contributed by atoms with Crippen LogP contribution in [-0.2, 0) is 11.0 Å². The Balaban J connectivity index is 2.09. The van der Waals surface area contributed by atoms with E-state index in [0.29, 0.717) is 0 Å². The molecule has 0 bridgehead atoms. The number of hydrogen-bond donors (Lipinski definition) is 2. The van der Waals surface area contributed by atoms with E-state index < -0.39 is 17.6 Å². The van der Waals surface area contributed by atoms with E-state index in [4.69, 9.17) is 0 Å². The van der Waals surface area contributed by atoms with Gasteiger partial charge in [0, 0.05) is 12.0 Å². The van der Waals surface area contributed by atoms with Crippen molar-refractivity contribution < 1.29 is 22.8 Å². The van der Waals surface area contributed by atoms with Gasteiger partial charge in [0.1, 0.15) is 6.33 Å². The number of carbonyl (C=O) groups is 2. The Morgan fingerprint density at radius 3 is 2.17 bits per heavy atom. The van der Waals surface area contributed by atoms with Gasteiger partial charge in [-0.3, -0.25) is 20.2 Å². The zero-order valence-electron chi connectivity index (χ0n) is 12.4. The molecule has 0 radical (unpaired) electrons. The van der Waals surface area contributed by atoms with E-state index in [2.05, 4.69) is 25.6 Å². The molecule has 126 valence electrons. The van der Waals surface area contributed by atoms with Gasteiger partial charge in [-0.25, -0.2) is 9.97 Å². The topological polar surface area (TPSA) is 96.9 Å². The molecule has 1 heterocycles. The lowest BCUT2D eigenvalue weighted by molar-refractivity contribution is -0.137. The van der Waals surface area contributed by atoms with Crippen LogP contribution in [0.1, 0.15) is 29.3 Å². The number of benzene rings is 1. The summed E-state index contributed by atoms with van der Waals surface area (Å²) in [5.41, 5.74) is -0.855. The van der Waals surface area contributed by atoms with Crippen molar-refractivity contribution in [1.29, 1.82) is 0 Å². The number of rotatable bonds is 4. The molecule has 10 heteroatoms. The summed E-state index contributed by atoms with van der Waals surface area (Å²) in [4.78, 5) is 34.5. The van der Waals surface area contributed by atoms with Gasteiger partial charge >= 0.3 is 6.18 Å². The fraction of sp³-hybridized carbons (Fsp3) is 0.214. The second-order valence-corrected chi connectivity index (χ2v) is 4.56. The van der Waals surface area contributed by atoms with Crippen molar-refractivity contribution in [3.63, 3.8) is 0 Å². The minimum absolute atomic E-state index is 0.00237. The van der Waals surface area contributed by atoms with E-state index in [-0.39, 0.29) is 29.8 Å². The lowest BCUT2D eigenvalue weighted by atomic mass is 10.1. The first-order chi connectivity index (χ1) is 11.3. The van der Waals surface area contributed by atoms with Gasteiger partial charge in [-0.1, -0.05) is 6.92 Å². The van der Waals surface area contributed by atoms with Crippen LogP contribution < -0.4 is 10.6 Å². The molecular formula is C14H12F3N5O2. The van der Waals surface area contributed by atoms with Gasteiger partial charge in [-0.2, -0.15) is 18.2 Å². The van der Waals surface area contributed by atoms with Crippen LogP contribution in [0.4, 0.5) is 25.1 Å². The molecule has 2 N–H and O–H groups in total. The van der Waals surface area contributed by atoms with Gasteiger partial charge in [0.2, 0.25) is 17.8 Å². The SMILES string of the molecule is CCC(=O)Nc1ncnc(NC(=O)c2ccc(C(F)(F)F)cc2)n1. The number of alkyl halides is 3. The molecule has 0 spiro atoms. The van der Waals surface area contributed by atoms with Crippen molar-refractivity contribution in [2.75, 3.05) is 10.6 Å². The lowest BCUT2D eigenvalue weighted by Crippen LogP contribution is -2.17. The number of halogens is 3. The normalized spacial score (nSPS) is 11.0. The number of hydrogen-bond acceptors (Lipinski definition) is 5. The van der Waals surface area contributed by atoms with E-state index >= 15 is 0 Å². The van der Waals surface area contributed by atoms with Crippen molar-refractivity contribution in [1.82, 2.24) is 15.0 Å². The molecule has 1 aromatic carbocycles. The summed E-state index contributed by atoms with van der Waals surface area (Å²) in [7, 11) is 0. The van der Waals surface area contributed by atoms with Gasteiger partial charge in [-0.05, 0) is 24.3 Å². The number of nitrogens with zero attached hydrogens (tertiary/aromatic N) is 3. The maximum Gasteiger partial charge on any atom is 0.416 e. The Labute approximate surface area is 134 Å². The molecule has 2 amide bonds. The van der Waals surface area contributed by atoms with Crippen molar-refractivity contribution in [2.24, 2.45) is 0 Å². The van der Waals surface area contributed by atoms with Crippen molar-refractivity contribution in [3.05, 3.63) is 41.7 Å². The third kappa shape index (κ3) is 4.48. The van der Waals surface area contributed by atoms with Gasteiger partial charge in [0.05, 0.1) is 5.56 Å². The van der Waals surface area contributed by atoms with E-state index in [1.54, 1.807) is 6.92 Å². The number of amides is 2. The van der Waals surface area contributed by atoms with E-state index in [1.165, 1.54) is 0 Å². The fourth-order valence-corrected chi connectivity index (χ4v) is 1.61. The largest absolute Gasteiger partial charge is 0.416 e. The zero-order valence-corrected chi connectivity index (χ0v) is 12.4. The molecule has 2 rings (SSSR count). The van der Waals surface area contributed by atoms with E-state index in [0.717, 1.165) is 30.6 Å². The average molecular weight is 339 g/mol. The highest BCUT2D eigenvalue weighted by Crippen LogP contribution is 2.29. The minimum Gasteiger partial charge on any atom is -0.294 e. The van der Waals surface area contributed by atoms with E-state index in [1.807, 2.05) is 0 Å². The van der Waals surface area contributed by atoms with Gasteiger partial charge < -0.3 is 0 Å². The predicted octanol–water partition coefficient (Wildman–Crippen LogP) is 2.49. The van der Waals surface area contributed by atoms with Crippen molar-refractivity contribution in [2.45, 2.75) is 19.5 Å². The Kier molecular flexibility index (Phi) is 5.07. The highest BCUT2D eigenvalue weighted by atomic mass is 19.4.